The van der Waals surface area contributed by atoms with Crippen molar-refractivity contribution < 1.29 is 13.2 Å². The normalized spacial score (nSPS) is 11.5. The smallest absolute Gasteiger partial charge is 0.251 e. The fourth-order valence-corrected chi connectivity index (χ4v) is 3.35. The van der Waals surface area contributed by atoms with Crippen molar-refractivity contribution in [2.75, 3.05) is 19.3 Å². The van der Waals surface area contributed by atoms with Crippen molar-refractivity contribution in [1.29, 1.82) is 0 Å². The summed E-state index contributed by atoms with van der Waals surface area (Å²) in [6.45, 7) is 2.45. The van der Waals surface area contributed by atoms with E-state index < -0.39 is 10.0 Å². The number of halogens is 1. The largest absolute Gasteiger partial charge is 0.351 e. The maximum atomic E-state index is 12.1. The molecule has 0 fully saturated rings. The molecule has 0 heterocycles. The van der Waals surface area contributed by atoms with Gasteiger partial charge in [0.2, 0.25) is 10.0 Å². The molecule has 25 heavy (non-hydrogen) atoms. The molecule has 134 valence electrons. The molecule has 0 aliphatic carbocycles. The van der Waals surface area contributed by atoms with Crippen molar-refractivity contribution in [2.45, 2.75) is 13.5 Å². The maximum absolute atomic E-state index is 12.1. The van der Waals surface area contributed by atoms with Crippen LogP contribution in [0.4, 0.5) is 0 Å². The van der Waals surface area contributed by atoms with Crippen LogP contribution in [0.25, 0.3) is 0 Å². The van der Waals surface area contributed by atoms with Crippen molar-refractivity contribution in [2.24, 2.45) is 0 Å². The molecule has 0 aliphatic rings. The van der Waals surface area contributed by atoms with Gasteiger partial charge < -0.3 is 5.32 Å². The van der Waals surface area contributed by atoms with Crippen LogP contribution in [-0.4, -0.2) is 38.0 Å². The minimum absolute atomic E-state index is 0.165. The number of carbonyl (C=O) groups is 1. The molecule has 7 heteroatoms. The van der Waals surface area contributed by atoms with Crippen molar-refractivity contribution >= 4 is 27.5 Å². The third kappa shape index (κ3) is 5.85. The molecule has 0 aromatic heterocycles. The molecular formula is C18H21ClN2O3S. The van der Waals surface area contributed by atoms with Crippen LogP contribution in [0.3, 0.4) is 0 Å². The van der Waals surface area contributed by atoms with Crippen LogP contribution in [0.5, 0.6) is 0 Å². The van der Waals surface area contributed by atoms with E-state index >= 15 is 0 Å². The minimum Gasteiger partial charge on any atom is -0.351 e. The Morgan fingerprint density at radius 1 is 1.16 bits per heavy atom. The van der Waals surface area contributed by atoms with E-state index in [1.807, 2.05) is 19.1 Å². The van der Waals surface area contributed by atoms with Gasteiger partial charge >= 0.3 is 0 Å². The molecule has 1 amide bonds. The average molecular weight is 381 g/mol. The van der Waals surface area contributed by atoms with E-state index in [0.717, 1.165) is 17.4 Å². The van der Waals surface area contributed by atoms with Gasteiger partial charge in [0.1, 0.15) is 0 Å². The van der Waals surface area contributed by atoms with Gasteiger partial charge in [0.25, 0.3) is 5.91 Å². The Kier molecular flexibility index (Phi) is 6.58. The van der Waals surface area contributed by atoms with E-state index in [9.17, 15) is 13.2 Å². The first kappa shape index (κ1) is 19.4. The molecule has 0 saturated heterocycles. The van der Waals surface area contributed by atoms with Crippen molar-refractivity contribution in [3.05, 3.63) is 70.2 Å². The van der Waals surface area contributed by atoms with E-state index in [0.29, 0.717) is 10.6 Å². The maximum Gasteiger partial charge on any atom is 0.251 e. The second-order valence-corrected chi connectivity index (χ2v) is 8.20. The van der Waals surface area contributed by atoms with Gasteiger partial charge in [0.15, 0.2) is 0 Å². The Labute approximate surface area is 153 Å². The van der Waals surface area contributed by atoms with E-state index in [2.05, 4.69) is 5.32 Å². The zero-order chi connectivity index (χ0) is 18.4. The highest BCUT2D eigenvalue weighted by Crippen LogP contribution is 2.18. The molecule has 5 nitrogen and oxygen atoms in total. The Morgan fingerprint density at radius 3 is 2.52 bits per heavy atom. The predicted octanol–water partition coefficient (Wildman–Crippen LogP) is 2.84. The Morgan fingerprint density at radius 2 is 1.88 bits per heavy atom. The topological polar surface area (TPSA) is 66.5 Å². The molecule has 0 aliphatic heterocycles. The lowest BCUT2D eigenvalue weighted by Gasteiger charge is -2.21. The van der Waals surface area contributed by atoms with E-state index in [4.69, 9.17) is 11.6 Å². The number of nitrogens with one attached hydrogen (secondary N) is 1. The summed E-state index contributed by atoms with van der Waals surface area (Å²) in [6, 6.07) is 14.3. The van der Waals surface area contributed by atoms with Gasteiger partial charge in [0, 0.05) is 30.2 Å². The molecule has 0 spiro atoms. The first-order valence-electron chi connectivity index (χ1n) is 7.81. The summed E-state index contributed by atoms with van der Waals surface area (Å²) < 4.78 is 25.3. The van der Waals surface area contributed by atoms with Gasteiger partial charge in [-0.05, 0) is 30.7 Å². The number of sulfonamides is 1. The van der Waals surface area contributed by atoms with Crippen molar-refractivity contribution in [3.8, 4) is 0 Å². The Bertz CT molecular complexity index is 853. The third-order valence-corrected chi connectivity index (χ3v) is 5.32. The minimum atomic E-state index is -3.43. The lowest BCUT2D eigenvalue weighted by Crippen LogP contribution is -2.37. The SMILES string of the molecule is Cc1cccc(C(=O)NCCN(Cc2ccccc2Cl)S(C)(=O)=O)c1. The highest BCUT2D eigenvalue weighted by Gasteiger charge is 2.18. The van der Waals surface area contributed by atoms with Gasteiger partial charge in [-0.2, -0.15) is 4.31 Å². The number of rotatable bonds is 7. The zero-order valence-corrected chi connectivity index (χ0v) is 15.8. The average Bonchev–Trinajstić information content (AvgIpc) is 2.54. The molecule has 0 unspecified atom stereocenters. The van der Waals surface area contributed by atoms with E-state index in [-0.39, 0.29) is 25.5 Å². The molecule has 2 rings (SSSR count). The van der Waals surface area contributed by atoms with Crippen LogP contribution < -0.4 is 5.32 Å². The van der Waals surface area contributed by atoms with Gasteiger partial charge in [0.05, 0.1) is 6.26 Å². The number of hydrogen-bond donors (Lipinski definition) is 1. The third-order valence-electron chi connectivity index (χ3n) is 3.70. The molecule has 1 N–H and O–H groups in total. The quantitative estimate of drug-likeness (QED) is 0.803. The summed E-state index contributed by atoms with van der Waals surface area (Å²) in [4.78, 5) is 12.1. The van der Waals surface area contributed by atoms with E-state index in [1.54, 1.807) is 36.4 Å². The second kappa shape index (κ2) is 8.47. The highest BCUT2D eigenvalue weighted by atomic mass is 35.5. The Balaban J connectivity index is 1.99. The number of aryl methyl sites for hydroxylation is 1. The highest BCUT2D eigenvalue weighted by molar-refractivity contribution is 7.88. The van der Waals surface area contributed by atoms with Crippen LogP contribution in [0.15, 0.2) is 48.5 Å². The van der Waals surface area contributed by atoms with Crippen LogP contribution in [-0.2, 0) is 16.6 Å². The number of carbonyl (C=O) groups excluding carboxylic acids is 1. The van der Waals surface area contributed by atoms with Crippen molar-refractivity contribution in [3.63, 3.8) is 0 Å². The fourth-order valence-electron chi connectivity index (χ4n) is 2.36. The van der Waals surface area contributed by atoms with Gasteiger partial charge in [-0.25, -0.2) is 8.42 Å². The van der Waals surface area contributed by atoms with E-state index in [1.165, 1.54) is 4.31 Å². The summed E-state index contributed by atoms with van der Waals surface area (Å²) in [7, 11) is -3.43. The van der Waals surface area contributed by atoms with Crippen molar-refractivity contribution in [1.82, 2.24) is 9.62 Å². The molecular weight excluding hydrogens is 360 g/mol. The molecule has 0 saturated carbocycles. The zero-order valence-electron chi connectivity index (χ0n) is 14.2. The van der Waals surface area contributed by atoms with Crippen LogP contribution >= 0.6 is 11.6 Å². The first-order chi connectivity index (χ1) is 11.8. The number of hydrogen-bond acceptors (Lipinski definition) is 3. The molecule has 0 bridgehead atoms. The number of nitrogens with zero attached hydrogens (tertiary/aromatic N) is 1. The summed E-state index contributed by atoms with van der Waals surface area (Å²) in [5, 5.41) is 3.26. The van der Waals surface area contributed by atoms with Gasteiger partial charge in [-0.15, -0.1) is 0 Å². The summed E-state index contributed by atoms with van der Waals surface area (Å²) in [6.07, 6.45) is 1.15. The van der Waals surface area contributed by atoms with Crippen LogP contribution in [0, 0.1) is 6.92 Å². The fraction of sp³-hybridized carbons (Fsp3) is 0.278. The number of benzene rings is 2. The lowest BCUT2D eigenvalue weighted by molar-refractivity contribution is 0.0951. The van der Waals surface area contributed by atoms with Crippen LogP contribution in [0.1, 0.15) is 21.5 Å². The van der Waals surface area contributed by atoms with Crippen LogP contribution in [0.2, 0.25) is 5.02 Å². The molecule has 0 radical (unpaired) electrons. The Hall–Kier alpha value is -1.89. The summed E-state index contributed by atoms with van der Waals surface area (Å²) >= 11 is 6.11. The molecule has 2 aromatic carbocycles. The monoisotopic (exact) mass is 380 g/mol. The lowest BCUT2D eigenvalue weighted by atomic mass is 10.1. The first-order valence-corrected chi connectivity index (χ1v) is 10.0. The molecule has 0 atom stereocenters. The van der Waals surface area contributed by atoms with Gasteiger partial charge in [-0.1, -0.05) is 47.5 Å². The van der Waals surface area contributed by atoms with Gasteiger partial charge in [-0.3, -0.25) is 4.79 Å². The summed E-state index contributed by atoms with van der Waals surface area (Å²) in [5.41, 5.74) is 2.26. The standard InChI is InChI=1S/C18H21ClN2O3S/c1-14-6-5-8-15(12-14)18(22)20-10-11-21(25(2,23)24)13-16-7-3-4-9-17(16)19/h3-9,12H,10-11,13H2,1-2H3,(H,20,22). The summed E-state index contributed by atoms with van der Waals surface area (Å²) in [5.74, 6) is -0.227. The predicted molar refractivity (Wildman–Crippen MR) is 100 cm³/mol. The second-order valence-electron chi connectivity index (χ2n) is 5.81. The number of amides is 1. The molecule has 2 aromatic rings.